The van der Waals surface area contributed by atoms with Gasteiger partial charge >= 0.3 is 0 Å². The fourth-order valence-corrected chi connectivity index (χ4v) is 2.26. The molecule has 0 aliphatic carbocycles. The van der Waals surface area contributed by atoms with Gasteiger partial charge in [-0.1, -0.05) is 11.8 Å². The van der Waals surface area contributed by atoms with Crippen LogP contribution >= 0.6 is 23.3 Å². The Hall–Kier alpha value is -1.21. The van der Waals surface area contributed by atoms with Crippen molar-refractivity contribution < 1.29 is 0 Å². The van der Waals surface area contributed by atoms with Gasteiger partial charge in [-0.2, -0.15) is 4.37 Å². The summed E-state index contributed by atoms with van der Waals surface area (Å²) in [4.78, 5) is 12.5. The summed E-state index contributed by atoms with van der Waals surface area (Å²) in [5.74, 6) is 1.55. The molecule has 0 atom stereocenters. The summed E-state index contributed by atoms with van der Waals surface area (Å²) in [5.41, 5.74) is 0.939. The molecule has 2 rings (SSSR count). The van der Waals surface area contributed by atoms with Crippen molar-refractivity contribution in [2.75, 3.05) is 12.4 Å². The highest BCUT2D eigenvalue weighted by atomic mass is 32.2. The second kappa shape index (κ2) is 5.04. The highest BCUT2D eigenvalue weighted by Gasteiger charge is 2.00. The minimum absolute atomic E-state index is 0.770. The van der Waals surface area contributed by atoms with Crippen LogP contribution in [-0.2, 0) is 5.75 Å². The van der Waals surface area contributed by atoms with E-state index in [1.807, 2.05) is 7.05 Å². The molecule has 0 amide bonds. The molecule has 0 fully saturated rings. The third-order valence-electron chi connectivity index (χ3n) is 1.65. The van der Waals surface area contributed by atoms with Crippen molar-refractivity contribution in [2.24, 2.45) is 0 Å². The molecule has 2 aromatic rings. The molecule has 0 radical (unpaired) electrons. The van der Waals surface area contributed by atoms with Crippen molar-refractivity contribution in [1.29, 1.82) is 0 Å². The van der Waals surface area contributed by atoms with Crippen LogP contribution in [0, 0.1) is 0 Å². The van der Waals surface area contributed by atoms with E-state index in [4.69, 9.17) is 0 Å². The molecule has 0 aromatic carbocycles. The predicted molar refractivity (Wildman–Crippen MR) is 61.0 cm³/mol. The minimum Gasteiger partial charge on any atom is -0.372 e. The summed E-state index contributed by atoms with van der Waals surface area (Å²) in [6, 6.07) is 0. The summed E-state index contributed by atoms with van der Waals surface area (Å²) < 4.78 is 4.88. The Morgan fingerprint density at radius 2 is 2.27 bits per heavy atom. The van der Waals surface area contributed by atoms with Crippen molar-refractivity contribution in [3.63, 3.8) is 0 Å². The Morgan fingerprint density at radius 3 is 2.87 bits per heavy atom. The molecule has 0 aliphatic rings. The molecule has 1 N–H and O–H groups in total. The van der Waals surface area contributed by atoms with E-state index in [0.29, 0.717) is 0 Å². The van der Waals surface area contributed by atoms with Crippen LogP contribution in [0.2, 0.25) is 0 Å². The number of hydrogen-bond acceptors (Lipinski definition) is 7. The minimum atomic E-state index is 0.770. The van der Waals surface area contributed by atoms with Crippen LogP contribution in [0.4, 0.5) is 5.82 Å². The highest BCUT2D eigenvalue weighted by Crippen LogP contribution is 2.21. The number of aromatic nitrogens is 4. The van der Waals surface area contributed by atoms with Gasteiger partial charge < -0.3 is 5.32 Å². The fourth-order valence-electron chi connectivity index (χ4n) is 0.921. The lowest BCUT2D eigenvalue weighted by Gasteiger charge is -2.00. The van der Waals surface area contributed by atoms with Crippen LogP contribution < -0.4 is 5.32 Å². The van der Waals surface area contributed by atoms with Gasteiger partial charge in [0.05, 0.1) is 18.1 Å². The molecule has 7 heteroatoms. The first-order chi connectivity index (χ1) is 7.38. The Balaban J connectivity index is 1.93. The van der Waals surface area contributed by atoms with Crippen molar-refractivity contribution in [3.05, 3.63) is 24.4 Å². The van der Waals surface area contributed by atoms with Crippen molar-refractivity contribution in [2.45, 2.75) is 10.1 Å². The molecule has 78 valence electrons. The zero-order chi connectivity index (χ0) is 10.5. The summed E-state index contributed by atoms with van der Waals surface area (Å²) in [7, 11) is 1.82. The first-order valence-corrected chi connectivity index (χ1v) is 6.02. The number of rotatable bonds is 4. The standard InChI is InChI=1S/C8H9N5S2/c1-9-7-3-10-6(2-11-7)4-14-8-12-5-13-15-8/h2-3,5H,4H2,1H3,(H,9,11). The van der Waals surface area contributed by atoms with Gasteiger partial charge in [0.15, 0.2) is 4.34 Å². The Labute approximate surface area is 95.6 Å². The van der Waals surface area contributed by atoms with E-state index in [1.165, 1.54) is 11.5 Å². The maximum atomic E-state index is 4.26. The van der Waals surface area contributed by atoms with Gasteiger partial charge in [0.1, 0.15) is 12.1 Å². The summed E-state index contributed by atoms with van der Waals surface area (Å²) in [5, 5.41) is 2.92. The zero-order valence-electron chi connectivity index (χ0n) is 8.04. The van der Waals surface area contributed by atoms with Crippen LogP contribution in [0.15, 0.2) is 23.1 Å². The number of hydrogen-bond donors (Lipinski definition) is 1. The molecule has 2 aromatic heterocycles. The quantitative estimate of drug-likeness (QED) is 0.819. The molecule has 15 heavy (non-hydrogen) atoms. The lowest BCUT2D eigenvalue weighted by molar-refractivity contribution is 1.09. The molecule has 5 nitrogen and oxygen atoms in total. The van der Waals surface area contributed by atoms with Gasteiger partial charge in [0, 0.05) is 12.8 Å². The topological polar surface area (TPSA) is 63.6 Å². The number of nitrogens with zero attached hydrogens (tertiary/aromatic N) is 4. The molecule has 0 spiro atoms. The molecule has 0 unspecified atom stereocenters. The molecular weight excluding hydrogens is 230 g/mol. The van der Waals surface area contributed by atoms with Gasteiger partial charge in [0.25, 0.3) is 0 Å². The average molecular weight is 239 g/mol. The normalized spacial score (nSPS) is 10.2. The smallest absolute Gasteiger partial charge is 0.170 e. The second-order valence-electron chi connectivity index (χ2n) is 2.64. The molecular formula is C8H9N5S2. The van der Waals surface area contributed by atoms with E-state index >= 15 is 0 Å². The van der Waals surface area contributed by atoms with E-state index in [2.05, 4.69) is 24.6 Å². The first-order valence-electron chi connectivity index (χ1n) is 4.26. The fraction of sp³-hybridized carbons (Fsp3) is 0.250. The van der Waals surface area contributed by atoms with Crippen LogP contribution in [-0.4, -0.2) is 26.4 Å². The van der Waals surface area contributed by atoms with E-state index in [1.54, 1.807) is 30.5 Å². The first kappa shape index (κ1) is 10.3. The predicted octanol–water partition coefficient (Wildman–Crippen LogP) is 1.66. The van der Waals surface area contributed by atoms with Crippen molar-refractivity contribution in [3.8, 4) is 0 Å². The Kier molecular flexibility index (Phi) is 3.46. The van der Waals surface area contributed by atoms with Gasteiger partial charge in [-0.3, -0.25) is 4.98 Å². The number of nitrogens with one attached hydrogen (secondary N) is 1. The van der Waals surface area contributed by atoms with Gasteiger partial charge in [-0.25, -0.2) is 9.97 Å². The molecule has 0 bridgehead atoms. The average Bonchev–Trinajstić information content (AvgIpc) is 2.80. The monoisotopic (exact) mass is 239 g/mol. The van der Waals surface area contributed by atoms with Crippen LogP contribution in [0.1, 0.15) is 5.69 Å². The van der Waals surface area contributed by atoms with Crippen LogP contribution in [0.3, 0.4) is 0 Å². The van der Waals surface area contributed by atoms with E-state index in [-0.39, 0.29) is 0 Å². The largest absolute Gasteiger partial charge is 0.372 e. The summed E-state index contributed by atoms with van der Waals surface area (Å²) in [6.45, 7) is 0. The van der Waals surface area contributed by atoms with Gasteiger partial charge in [-0.05, 0) is 11.5 Å². The van der Waals surface area contributed by atoms with Crippen LogP contribution in [0.5, 0.6) is 0 Å². The SMILES string of the molecule is CNc1cnc(CSc2ncns2)cn1. The Bertz CT molecular complexity index is 399. The molecule has 2 heterocycles. The molecule has 0 aliphatic heterocycles. The van der Waals surface area contributed by atoms with Crippen molar-refractivity contribution >= 4 is 29.1 Å². The van der Waals surface area contributed by atoms with E-state index in [9.17, 15) is 0 Å². The van der Waals surface area contributed by atoms with Gasteiger partial charge in [-0.15, -0.1) is 0 Å². The maximum Gasteiger partial charge on any atom is 0.170 e. The Morgan fingerprint density at radius 1 is 1.33 bits per heavy atom. The molecule has 0 saturated carbocycles. The zero-order valence-corrected chi connectivity index (χ0v) is 9.68. The van der Waals surface area contributed by atoms with E-state index < -0.39 is 0 Å². The van der Waals surface area contributed by atoms with Gasteiger partial charge in [0.2, 0.25) is 0 Å². The number of anilines is 1. The summed E-state index contributed by atoms with van der Waals surface area (Å²) in [6.07, 6.45) is 5.04. The highest BCUT2D eigenvalue weighted by molar-refractivity contribution is 8.00. The maximum absolute atomic E-state index is 4.26. The van der Waals surface area contributed by atoms with Crippen LogP contribution in [0.25, 0.3) is 0 Å². The second-order valence-corrected chi connectivity index (χ2v) is 4.64. The lowest BCUT2D eigenvalue weighted by atomic mass is 10.5. The lowest BCUT2D eigenvalue weighted by Crippen LogP contribution is -1.95. The third kappa shape index (κ3) is 2.87. The third-order valence-corrected chi connectivity index (χ3v) is 3.48. The summed E-state index contributed by atoms with van der Waals surface area (Å²) >= 11 is 3.01. The number of thioether (sulfide) groups is 1. The molecule has 0 saturated heterocycles. The van der Waals surface area contributed by atoms with E-state index in [0.717, 1.165) is 21.6 Å². The van der Waals surface area contributed by atoms with Crippen molar-refractivity contribution in [1.82, 2.24) is 19.3 Å².